The molecule has 3 rings (SSSR count). The summed E-state index contributed by atoms with van der Waals surface area (Å²) in [6, 6.07) is 7.14. The molecule has 2 heterocycles. The lowest BCUT2D eigenvalue weighted by molar-refractivity contribution is -0.117. The summed E-state index contributed by atoms with van der Waals surface area (Å²) in [6.45, 7) is 4.23. The second-order valence-electron chi connectivity index (χ2n) is 5.81. The molecule has 0 aliphatic carbocycles. The average molecular weight is 335 g/mol. The molecular weight excluding hydrogens is 316 g/mol. The molecule has 5 nitrogen and oxygen atoms in total. The number of piperazine rings is 1. The van der Waals surface area contributed by atoms with E-state index in [0.29, 0.717) is 0 Å². The SMILES string of the molecule is O=C(CN1CCN(Cc2ccco2)CC1)Nc1ccc(F)c(F)c1. The monoisotopic (exact) mass is 335 g/mol. The minimum atomic E-state index is -0.973. The third-order valence-corrected chi connectivity index (χ3v) is 4.00. The fourth-order valence-electron chi connectivity index (χ4n) is 2.71. The van der Waals surface area contributed by atoms with Crippen molar-refractivity contribution in [3.05, 3.63) is 54.0 Å². The molecule has 1 aliphatic heterocycles. The minimum Gasteiger partial charge on any atom is -0.468 e. The molecule has 24 heavy (non-hydrogen) atoms. The summed E-state index contributed by atoms with van der Waals surface area (Å²) in [5, 5.41) is 2.59. The number of carbonyl (C=O) groups is 1. The standard InChI is InChI=1S/C17H19F2N3O2/c18-15-4-3-13(10-16(15)19)20-17(23)12-22-7-5-21(6-8-22)11-14-2-1-9-24-14/h1-4,9-10H,5-8,11-12H2,(H,20,23). The van der Waals surface area contributed by atoms with Crippen LogP contribution in [-0.4, -0.2) is 48.4 Å². The molecule has 1 N–H and O–H groups in total. The predicted molar refractivity (Wildman–Crippen MR) is 85.4 cm³/mol. The lowest BCUT2D eigenvalue weighted by atomic mass is 10.2. The summed E-state index contributed by atoms with van der Waals surface area (Å²) in [5.74, 6) is -1.21. The summed E-state index contributed by atoms with van der Waals surface area (Å²) in [4.78, 5) is 16.3. The first-order valence-electron chi connectivity index (χ1n) is 7.82. The van der Waals surface area contributed by atoms with Crippen molar-refractivity contribution in [2.45, 2.75) is 6.54 Å². The van der Waals surface area contributed by atoms with Gasteiger partial charge in [0.05, 0.1) is 19.4 Å². The summed E-state index contributed by atoms with van der Waals surface area (Å²) >= 11 is 0. The highest BCUT2D eigenvalue weighted by atomic mass is 19.2. The van der Waals surface area contributed by atoms with Gasteiger partial charge in [-0.2, -0.15) is 0 Å². The van der Waals surface area contributed by atoms with Gasteiger partial charge < -0.3 is 9.73 Å². The van der Waals surface area contributed by atoms with Crippen LogP contribution < -0.4 is 5.32 Å². The van der Waals surface area contributed by atoms with Crippen LogP contribution in [0, 0.1) is 11.6 Å². The van der Waals surface area contributed by atoms with Crippen molar-refractivity contribution in [2.24, 2.45) is 0 Å². The van der Waals surface area contributed by atoms with E-state index in [2.05, 4.69) is 10.2 Å². The second kappa shape index (κ2) is 7.55. The number of benzene rings is 1. The predicted octanol–water partition coefficient (Wildman–Crippen LogP) is 2.31. The Hall–Kier alpha value is -2.25. The van der Waals surface area contributed by atoms with Crippen LogP contribution in [0.1, 0.15) is 5.76 Å². The molecule has 1 fully saturated rings. The number of hydrogen-bond acceptors (Lipinski definition) is 4. The van der Waals surface area contributed by atoms with E-state index in [0.717, 1.165) is 50.6 Å². The highest BCUT2D eigenvalue weighted by Gasteiger charge is 2.19. The van der Waals surface area contributed by atoms with Crippen molar-refractivity contribution in [3.63, 3.8) is 0 Å². The molecule has 0 atom stereocenters. The van der Waals surface area contributed by atoms with Crippen molar-refractivity contribution >= 4 is 11.6 Å². The zero-order valence-corrected chi connectivity index (χ0v) is 13.2. The first-order chi connectivity index (χ1) is 11.6. The molecule has 1 aromatic carbocycles. The Balaban J connectivity index is 1.43. The van der Waals surface area contributed by atoms with Crippen LogP contribution in [0.15, 0.2) is 41.0 Å². The molecule has 1 aromatic heterocycles. The molecule has 7 heteroatoms. The van der Waals surface area contributed by atoms with Gasteiger partial charge in [-0.25, -0.2) is 8.78 Å². The smallest absolute Gasteiger partial charge is 0.238 e. The number of furan rings is 1. The molecule has 1 amide bonds. The van der Waals surface area contributed by atoms with Gasteiger partial charge in [-0.05, 0) is 24.3 Å². The molecular formula is C17H19F2N3O2. The lowest BCUT2D eigenvalue weighted by Crippen LogP contribution is -2.48. The molecule has 0 radical (unpaired) electrons. The third-order valence-electron chi connectivity index (χ3n) is 4.00. The number of amides is 1. The van der Waals surface area contributed by atoms with Gasteiger partial charge in [-0.3, -0.25) is 14.6 Å². The summed E-state index contributed by atoms with van der Waals surface area (Å²) in [5.41, 5.74) is 0.260. The van der Waals surface area contributed by atoms with E-state index >= 15 is 0 Å². The molecule has 0 bridgehead atoms. The van der Waals surface area contributed by atoms with Gasteiger partial charge in [0.25, 0.3) is 0 Å². The van der Waals surface area contributed by atoms with Gasteiger partial charge in [-0.15, -0.1) is 0 Å². The van der Waals surface area contributed by atoms with Crippen molar-refractivity contribution in [2.75, 3.05) is 38.0 Å². The highest BCUT2D eigenvalue weighted by Crippen LogP contribution is 2.13. The topological polar surface area (TPSA) is 48.7 Å². The Morgan fingerprint density at radius 1 is 1.08 bits per heavy atom. The van der Waals surface area contributed by atoms with E-state index in [1.807, 2.05) is 17.0 Å². The lowest BCUT2D eigenvalue weighted by Gasteiger charge is -2.33. The van der Waals surface area contributed by atoms with E-state index in [4.69, 9.17) is 4.42 Å². The Labute approximate surface area is 138 Å². The molecule has 128 valence electrons. The number of rotatable bonds is 5. The Morgan fingerprint density at radius 2 is 1.83 bits per heavy atom. The maximum Gasteiger partial charge on any atom is 0.238 e. The summed E-state index contributed by atoms with van der Waals surface area (Å²) < 4.78 is 31.3. The van der Waals surface area contributed by atoms with E-state index in [1.165, 1.54) is 6.07 Å². The van der Waals surface area contributed by atoms with Crippen LogP contribution in [0.3, 0.4) is 0 Å². The summed E-state index contributed by atoms with van der Waals surface area (Å²) in [7, 11) is 0. The molecule has 0 saturated carbocycles. The van der Waals surface area contributed by atoms with Gasteiger partial charge in [0.2, 0.25) is 5.91 Å². The maximum absolute atomic E-state index is 13.1. The maximum atomic E-state index is 13.1. The molecule has 1 aliphatic rings. The number of hydrogen-bond donors (Lipinski definition) is 1. The van der Waals surface area contributed by atoms with Crippen LogP contribution in [0.4, 0.5) is 14.5 Å². The largest absolute Gasteiger partial charge is 0.468 e. The van der Waals surface area contributed by atoms with E-state index in [1.54, 1.807) is 6.26 Å². The first kappa shape index (κ1) is 16.6. The Bertz CT molecular complexity index is 683. The van der Waals surface area contributed by atoms with Crippen molar-refractivity contribution in [1.82, 2.24) is 9.80 Å². The number of carbonyl (C=O) groups excluding carboxylic acids is 1. The molecule has 2 aromatic rings. The van der Waals surface area contributed by atoms with Gasteiger partial charge in [0.1, 0.15) is 5.76 Å². The van der Waals surface area contributed by atoms with Crippen molar-refractivity contribution in [3.8, 4) is 0 Å². The van der Waals surface area contributed by atoms with E-state index in [9.17, 15) is 13.6 Å². The average Bonchev–Trinajstić information content (AvgIpc) is 3.06. The van der Waals surface area contributed by atoms with Crippen LogP contribution in [0.25, 0.3) is 0 Å². The third kappa shape index (κ3) is 4.39. The van der Waals surface area contributed by atoms with E-state index in [-0.39, 0.29) is 18.1 Å². The molecule has 0 spiro atoms. The quantitative estimate of drug-likeness (QED) is 0.911. The fraction of sp³-hybridized carbons (Fsp3) is 0.353. The van der Waals surface area contributed by atoms with Crippen LogP contribution >= 0.6 is 0 Å². The number of halogens is 2. The number of nitrogens with zero attached hydrogens (tertiary/aromatic N) is 2. The van der Waals surface area contributed by atoms with Crippen LogP contribution in [0.2, 0.25) is 0 Å². The zero-order chi connectivity index (χ0) is 16.9. The molecule has 1 saturated heterocycles. The molecule has 0 unspecified atom stereocenters. The van der Waals surface area contributed by atoms with Crippen LogP contribution in [-0.2, 0) is 11.3 Å². The first-order valence-corrected chi connectivity index (χ1v) is 7.82. The minimum absolute atomic E-state index is 0.230. The van der Waals surface area contributed by atoms with Gasteiger partial charge in [0.15, 0.2) is 11.6 Å². The van der Waals surface area contributed by atoms with Crippen molar-refractivity contribution in [1.29, 1.82) is 0 Å². The zero-order valence-electron chi connectivity index (χ0n) is 13.2. The van der Waals surface area contributed by atoms with Gasteiger partial charge in [-0.1, -0.05) is 0 Å². The Morgan fingerprint density at radius 3 is 2.50 bits per heavy atom. The fourth-order valence-corrected chi connectivity index (χ4v) is 2.71. The normalized spacial score (nSPS) is 16.2. The van der Waals surface area contributed by atoms with Crippen molar-refractivity contribution < 1.29 is 18.0 Å². The Kier molecular flexibility index (Phi) is 5.22. The van der Waals surface area contributed by atoms with Crippen LogP contribution in [0.5, 0.6) is 0 Å². The summed E-state index contributed by atoms with van der Waals surface area (Å²) in [6.07, 6.45) is 1.66. The van der Waals surface area contributed by atoms with Gasteiger partial charge >= 0.3 is 0 Å². The highest BCUT2D eigenvalue weighted by molar-refractivity contribution is 5.92. The van der Waals surface area contributed by atoms with E-state index < -0.39 is 11.6 Å². The second-order valence-corrected chi connectivity index (χ2v) is 5.81. The number of nitrogens with one attached hydrogen (secondary N) is 1. The van der Waals surface area contributed by atoms with Gasteiger partial charge in [0, 0.05) is 37.9 Å². The number of anilines is 1.